The van der Waals surface area contributed by atoms with Gasteiger partial charge >= 0.3 is 18.0 Å². The SMILES string of the molecule is C[C@H](O)CNC(=O)C(=O)Nc1ccc(C(F)(F)F)nc1. The molecule has 0 aliphatic carbocycles. The minimum Gasteiger partial charge on any atom is -0.392 e. The molecule has 0 spiro atoms. The lowest BCUT2D eigenvalue weighted by Gasteiger charge is -2.09. The van der Waals surface area contributed by atoms with Gasteiger partial charge in [-0.1, -0.05) is 0 Å². The maximum absolute atomic E-state index is 12.2. The zero-order valence-electron chi connectivity index (χ0n) is 10.4. The molecule has 1 aromatic heterocycles. The van der Waals surface area contributed by atoms with Gasteiger partial charge in [0.05, 0.1) is 18.0 Å². The quantitative estimate of drug-likeness (QED) is 0.709. The summed E-state index contributed by atoms with van der Waals surface area (Å²) in [4.78, 5) is 25.7. The molecule has 3 N–H and O–H groups in total. The fraction of sp³-hybridized carbons (Fsp3) is 0.364. The lowest BCUT2D eigenvalue weighted by atomic mass is 10.3. The molecule has 1 aromatic rings. The van der Waals surface area contributed by atoms with Crippen LogP contribution in [0.2, 0.25) is 0 Å². The molecule has 1 atom stereocenters. The van der Waals surface area contributed by atoms with Crippen LogP contribution in [0.1, 0.15) is 12.6 Å². The smallest absolute Gasteiger partial charge is 0.392 e. The minimum absolute atomic E-state index is 0.0461. The summed E-state index contributed by atoms with van der Waals surface area (Å²) in [5.41, 5.74) is -1.15. The van der Waals surface area contributed by atoms with Gasteiger partial charge in [-0.05, 0) is 19.1 Å². The summed E-state index contributed by atoms with van der Waals surface area (Å²) in [5.74, 6) is -2.07. The van der Waals surface area contributed by atoms with Crippen LogP contribution in [-0.4, -0.2) is 34.6 Å². The molecule has 0 saturated carbocycles. The molecular formula is C11H12F3N3O3. The molecule has 0 saturated heterocycles. The Hall–Kier alpha value is -2.16. The predicted octanol–water partition coefficient (Wildman–Crippen LogP) is 0.536. The number of halogens is 3. The molecule has 0 aliphatic heterocycles. The van der Waals surface area contributed by atoms with Gasteiger partial charge in [0.15, 0.2) is 0 Å². The molecule has 20 heavy (non-hydrogen) atoms. The molecule has 1 rings (SSSR count). The predicted molar refractivity (Wildman–Crippen MR) is 62.6 cm³/mol. The molecule has 0 radical (unpaired) electrons. The number of aliphatic hydroxyl groups excluding tert-OH is 1. The number of aliphatic hydroxyl groups is 1. The van der Waals surface area contributed by atoms with Gasteiger partial charge in [-0.2, -0.15) is 13.2 Å². The Morgan fingerprint density at radius 3 is 2.45 bits per heavy atom. The van der Waals surface area contributed by atoms with Crippen molar-refractivity contribution in [2.24, 2.45) is 0 Å². The third kappa shape index (κ3) is 4.84. The number of nitrogens with zero attached hydrogens (tertiary/aromatic N) is 1. The Kier molecular flexibility index (Phi) is 5.03. The summed E-state index contributed by atoms with van der Waals surface area (Å²) in [6.07, 6.45) is -4.60. The van der Waals surface area contributed by atoms with Crippen LogP contribution in [0.15, 0.2) is 18.3 Å². The second-order valence-corrected chi connectivity index (χ2v) is 3.94. The van der Waals surface area contributed by atoms with E-state index in [9.17, 15) is 22.8 Å². The van der Waals surface area contributed by atoms with Crippen LogP contribution in [0.25, 0.3) is 0 Å². The summed E-state index contributed by atoms with van der Waals surface area (Å²) >= 11 is 0. The van der Waals surface area contributed by atoms with Crippen molar-refractivity contribution in [2.75, 3.05) is 11.9 Å². The number of alkyl halides is 3. The summed E-state index contributed by atoms with van der Waals surface area (Å²) in [7, 11) is 0. The van der Waals surface area contributed by atoms with Crippen molar-refractivity contribution >= 4 is 17.5 Å². The van der Waals surface area contributed by atoms with E-state index in [4.69, 9.17) is 5.11 Å². The van der Waals surface area contributed by atoms with E-state index in [1.165, 1.54) is 6.92 Å². The van der Waals surface area contributed by atoms with Crippen LogP contribution in [0.4, 0.5) is 18.9 Å². The molecule has 1 heterocycles. The van der Waals surface area contributed by atoms with Gasteiger partial charge in [0, 0.05) is 6.54 Å². The average Bonchev–Trinajstić information content (AvgIpc) is 2.35. The van der Waals surface area contributed by atoms with Crippen LogP contribution in [0.3, 0.4) is 0 Å². The van der Waals surface area contributed by atoms with Gasteiger partial charge in [0.1, 0.15) is 5.69 Å². The van der Waals surface area contributed by atoms with E-state index < -0.39 is 29.8 Å². The number of hydrogen-bond acceptors (Lipinski definition) is 4. The lowest BCUT2D eigenvalue weighted by molar-refractivity contribution is -0.141. The van der Waals surface area contributed by atoms with E-state index in [1.807, 2.05) is 0 Å². The number of anilines is 1. The van der Waals surface area contributed by atoms with E-state index in [0.717, 1.165) is 12.3 Å². The fourth-order valence-corrected chi connectivity index (χ4v) is 1.14. The zero-order chi connectivity index (χ0) is 15.3. The molecule has 6 nitrogen and oxygen atoms in total. The van der Waals surface area contributed by atoms with Crippen LogP contribution < -0.4 is 10.6 Å². The molecule has 2 amide bonds. The zero-order valence-corrected chi connectivity index (χ0v) is 10.4. The van der Waals surface area contributed by atoms with Crippen molar-refractivity contribution in [1.82, 2.24) is 10.3 Å². The molecule has 0 bridgehead atoms. The Morgan fingerprint density at radius 1 is 1.35 bits per heavy atom. The fourth-order valence-electron chi connectivity index (χ4n) is 1.14. The first kappa shape index (κ1) is 15.9. The van der Waals surface area contributed by atoms with E-state index in [-0.39, 0.29) is 12.2 Å². The Balaban J connectivity index is 2.60. The van der Waals surface area contributed by atoms with E-state index >= 15 is 0 Å². The monoisotopic (exact) mass is 291 g/mol. The van der Waals surface area contributed by atoms with Crippen LogP contribution in [0, 0.1) is 0 Å². The summed E-state index contributed by atoms with van der Waals surface area (Å²) in [5, 5.41) is 13.1. The summed E-state index contributed by atoms with van der Waals surface area (Å²) in [6.45, 7) is 1.30. The van der Waals surface area contributed by atoms with Gasteiger partial charge in [0.25, 0.3) is 0 Å². The molecule has 0 aromatic carbocycles. The standard InChI is InChI=1S/C11H12F3N3O3/c1-6(18)4-16-9(19)10(20)17-7-2-3-8(15-5-7)11(12,13)14/h2-3,5-6,18H,4H2,1H3,(H,16,19)(H,17,20)/t6-/m0/s1. The van der Waals surface area contributed by atoms with Crippen LogP contribution in [0.5, 0.6) is 0 Å². The molecular weight excluding hydrogens is 279 g/mol. The average molecular weight is 291 g/mol. The number of amides is 2. The Morgan fingerprint density at radius 2 is 2.00 bits per heavy atom. The maximum atomic E-state index is 12.2. The van der Waals surface area contributed by atoms with Crippen molar-refractivity contribution in [2.45, 2.75) is 19.2 Å². The highest BCUT2D eigenvalue weighted by Crippen LogP contribution is 2.27. The first-order valence-corrected chi connectivity index (χ1v) is 5.50. The highest BCUT2D eigenvalue weighted by Gasteiger charge is 2.32. The van der Waals surface area contributed by atoms with Crippen molar-refractivity contribution in [3.05, 3.63) is 24.0 Å². The molecule has 0 fully saturated rings. The van der Waals surface area contributed by atoms with Crippen molar-refractivity contribution in [1.29, 1.82) is 0 Å². The second kappa shape index (κ2) is 6.33. The van der Waals surface area contributed by atoms with Crippen LogP contribution >= 0.6 is 0 Å². The van der Waals surface area contributed by atoms with Gasteiger partial charge in [-0.3, -0.25) is 9.59 Å². The van der Waals surface area contributed by atoms with Crippen molar-refractivity contribution in [3.63, 3.8) is 0 Å². The number of nitrogens with one attached hydrogen (secondary N) is 2. The normalized spacial score (nSPS) is 12.7. The van der Waals surface area contributed by atoms with Crippen molar-refractivity contribution < 1.29 is 27.9 Å². The Labute approximate surface area is 112 Å². The number of carbonyl (C=O) groups excluding carboxylic acids is 2. The number of carbonyl (C=O) groups is 2. The minimum atomic E-state index is -4.57. The van der Waals surface area contributed by atoms with Crippen molar-refractivity contribution in [3.8, 4) is 0 Å². The molecule has 0 unspecified atom stereocenters. The topological polar surface area (TPSA) is 91.3 Å². The third-order valence-corrected chi connectivity index (χ3v) is 2.08. The molecule has 110 valence electrons. The highest BCUT2D eigenvalue weighted by molar-refractivity contribution is 6.39. The number of hydrogen-bond donors (Lipinski definition) is 3. The number of rotatable bonds is 3. The Bertz CT molecular complexity index is 486. The van der Waals surface area contributed by atoms with Gasteiger partial charge < -0.3 is 15.7 Å². The lowest BCUT2D eigenvalue weighted by Crippen LogP contribution is -2.38. The first-order chi connectivity index (χ1) is 9.20. The molecule has 0 aliphatic rings. The summed E-state index contributed by atoms with van der Waals surface area (Å²) in [6, 6.07) is 1.67. The highest BCUT2D eigenvalue weighted by atomic mass is 19.4. The number of pyridine rings is 1. The van der Waals surface area contributed by atoms with E-state index in [1.54, 1.807) is 0 Å². The van der Waals surface area contributed by atoms with Gasteiger partial charge in [-0.15, -0.1) is 0 Å². The number of aromatic nitrogens is 1. The van der Waals surface area contributed by atoms with E-state index in [2.05, 4.69) is 15.6 Å². The maximum Gasteiger partial charge on any atom is 0.433 e. The second-order valence-electron chi connectivity index (χ2n) is 3.94. The van der Waals surface area contributed by atoms with Gasteiger partial charge in [0.2, 0.25) is 0 Å². The first-order valence-electron chi connectivity index (χ1n) is 5.50. The largest absolute Gasteiger partial charge is 0.433 e. The van der Waals surface area contributed by atoms with Gasteiger partial charge in [-0.25, -0.2) is 4.98 Å². The molecule has 9 heteroatoms. The van der Waals surface area contributed by atoms with E-state index in [0.29, 0.717) is 6.07 Å². The third-order valence-electron chi connectivity index (χ3n) is 2.08. The van der Waals surface area contributed by atoms with Crippen LogP contribution in [-0.2, 0) is 15.8 Å². The summed E-state index contributed by atoms with van der Waals surface area (Å²) < 4.78 is 36.7.